The molecule has 88 valence electrons. The fourth-order valence-corrected chi connectivity index (χ4v) is 2.06. The molecule has 1 rings (SSSR count). The predicted octanol–water partition coefficient (Wildman–Crippen LogP) is 3.04. The van der Waals surface area contributed by atoms with Gasteiger partial charge in [0.1, 0.15) is 10.5 Å². The lowest BCUT2D eigenvalue weighted by Gasteiger charge is -2.18. The molecule has 0 heterocycles. The van der Waals surface area contributed by atoms with Gasteiger partial charge in [-0.05, 0) is 45.0 Å². The molecule has 0 spiro atoms. The molecule has 0 aliphatic heterocycles. The van der Waals surface area contributed by atoms with Crippen LogP contribution < -0.4 is 4.74 Å². The van der Waals surface area contributed by atoms with Gasteiger partial charge in [-0.1, -0.05) is 0 Å². The summed E-state index contributed by atoms with van der Waals surface area (Å²) in [4.78, 5) is 11.9. The molecule has 0 atom stereocenters. The molecule has 0 amide bonds. The number of hydrogen-bond donors (Lipinski definition) is 1. The van der Waals surface area contributed by atoms with Crippen LogP contribution in [0.5, 0.6) is 5.75 Å². The van der Waals surface area contributed by atoms with Gasteiger partial charge in [0.05, 0.1) is 6.61 Å². The third kappa shape index (κ3) is 3.45. The molecule has 1 N–H and O–H groups in total. The summed E-state index contributed by atoms with van der Waals surface area (Å²) in [5.41, 5.74) is 0. The molecule has 0 saturated carbocycles. The number of benzene rings is 1. The number of hydrogen-bond acceptors (Lipinski definition) is 3. The molecule has 0 radical (unpaired) electrons. The van der Waals surface area contributed by atoms with Gasteiger partial charge in [-0.25, -0.2) is 0 Å². The summed E-state index contributed by atoms with van der Waals surface area (Å²) in [6.07, 6.45) is 0. The molecule has 0 bridgehead atoms. The molecule has 0 aliphatic carbocycles. The van der Waals surface area contributed by atoms with E-state index in [1.54, 1.807) is 13.8 Å². The molecule has 4 heteroatoms. The van der Waals surface area contributed by atoms with Crippen LogP contribution in [0.4, 0.5) is 0 Å². The second-order valence-corrected chi connectivity index (χ2v) is 5.52. The van der Waals surface area contributed by atoms with Gasteiger partial charge in [-0.2, -0.15) is 0 Å². The molecule has 3 nitrogen and oxygen atoms in total. The van der Waals surface area contributed by atoms with Crippen LogP contribution in [0.1, 0.15) is 20.8 Å². The third-order valence-electron chi connectivity index (χ3n) is 2.02. The van der Waals surface area contributed by atoms with E-state index in [2.05, 4.69) is 0 Å². The maximum absolute atomic E-state index is 10.9. The summed E-state index contributed by atoms with van der Waals surface area (Å²) in [6.45, 7) is 5.94. The topological polar surface area (TPSA) is 46.5 Å². The van der Waals surface area contributed by atoms with Crippen LogP contribution in [-0.4, -0.2) is 22.4 Å². The van der Waals surface area contributed by atoms with E-state index in [9.17, 15) is 4.79 Å². The number of aliphatic carboxylic acids is 1. The average Bonchev–Trinajstić information content (AvgIpc) is 2.21. The van der Waals surface area contributed by atoms with Crippen molar-refractivity contribution in [3.63, 3.8) is 0 Å². The lowest BCUT2D eigenvalue weighted by molar-refractivity contribution is -0.138. The van der Waals surface area contributed by atoms with Crippen LogP contribution in [0.2, 0.25) is 0 Å². The van der Waals surface area contributed by atoms with Gasteiger partial charge in [-0.15, -0.1) is 11.8 Å². The van der Waals surface area contributed by atoms with E-state index in [1.165, 1.54) is 11.8 Å². The summed E-state index contributed by atoms with van der Waals surface area (Å²) in [5, 5.41) is 9.00. The van der Waals surface area contributed by atoms with Crippen LogP contribution in [0, 0.1) is 0 Å². The van der Waals surface area contributed by atoms with E-state index >= 15 is 0 Å². The number of carboxylic acid groups (broad SMARTS) is 1. The first kappa shape index (κ1) is 12.9. The summed E-state index contributed by atoms with van der Waals surface area (Å²) in [7, 11) is 0. The van der Waals surface area contributed by atoms with Gasteiger partial charge < -0.3 is 9.84 Å². The summed E-state index contributed by atoms with van der Waals surface area (Å²) in [5.74, 6) is -0.00799. The molecule has 1 aromatic rings. The predicted molar refractivity (Wildman–Crippen MR) is 65.2 cm³/mol. The minimum Gasteiger partial charge on any atom is -0.494 e. The first-order valence-corrected chi connectivity index (χ1v) is 5.92. The van der Waals surface area contributed by atoms with E-state index < -0.39 is 10.7 Å². The Morgan fingerprint density at radius 2 is 1.94 bits per heavy atom. The lowest BCUT2D eigenvalue weighted by atomic mass is 10.2. The van der Waals surface area contributed by atoms with Crippen LogP contribution in [0.3, 0.4) is 0 Å². The Morgan fingerprint density at radius 3 is 2.38 bits per heavy atom. The highest BCUT2D eigenvalue weighted by Gasteiger charge is 2.28. The largest absolute Gasteiger partial charge is 0.494 e. The molecule has 0 aromatic heterocycles. The van der Waals surface area contributed by atoms with E-state index in [-0.39, 0.29) is 0 Å². The molecule has 0 unspecified atom stereocenters. The standard InChI is InChI=1S/C12H16O3S/c1-4-15-9-5-7-10(8-6-9)16-12(2,3)11(13)14/h5-8H,4H2,1-3H3,(H,13,14). The highest BCUT2D eigenvalue weighted by atomic mass is 32.2. The third-order valence-corrected chi connectivity index (χ3v) is 3.22. The quantitative estimate of drug-likeness (QED) is 0.803. The highest BCUT2D eigenvalue weighted by molar-refractivity contribution is 8.01. The van der Waals surface area contributed by atoms with Crippen molar-refractivity contribution in [1.29, 1.82) is 0 Å². The van der Waals surface area contributed by atoms with Gasteiger partial charge in [0, 0.05) is 4.90 Å². The van der Waals surface area contributed by atoms with Gasteiger partial charge >= 0.3 is 5.97 Å². The van der Waals surface area contributed by atoms with Gasteiger partial charge in [0.15, 0.2) is 0 Å². The second-order valence-electron chi connectivity index (χ2n) is 3.82. The summed E-state index contributed by atoms with van der Waals surface area (Å²) < 4.78 is 4.50. The number of thioether (sulfide) groups is 1. The van der Waals surface area contributed by atoms with Crippen molar-refractivity contribution in [2.24, 2.45) is 0 Å². The zero-order valence-electron chi connectivity index (χ0n) is 9.69. The molecule has 16 heavy (non-hydrogen) atoms. The molecule has 0 aliphatic rings. The Balaban J connectivity index is 2.72. The van der Waals surface area contributed by atoms with Crippen LogP contribution in [-0.2, 0) is 4.79 Å². The van der Waals surface area contributed by atoms with Gasteiger partial charge in [-0.3, -0.25) is 4.79 Å². The van der Waals surface area contributed by atoms with Crippen molar-refractivity contribution in [3.05, 3.63) is 24.3 Å². The Labute approximate surface area is 99.8 Å². The van der Waals surface area contributed by atoms with Crippen molar-refractivity contribution in [3.8, 4) is 5.75 Å². The Bertz CT molecular complexity index is 357. The van der Waals surface area contributed by atoms with Crippen molar-refractivity contribution in [1.82, 2.24) is 0 Å². The number of carbonyl (C=O) groups is 1. The molecular formula is C12H16O3S. The van der Waals surface area contributed by atoms with E-state index in [1.807, 2.05) is 31.2 Å². The minimum atomic E-state index is -0.814. The first-order chi connectivity index (χ1) is 7.45. The monoisotopic (exact) mass is 240 g/mol. The van der Waals surface area contributed by atoms with E-state index in [4.69, 9.17) is 9.84 Å². The fourth-order valence-electron chi connectivity index (χ4n) is 1.11. The average molecular weight is 240 g/mol. The lowest BCUT2D eigenvalue weighted by Crippen LogP contribution is -2.26. The normalized spacial score (nSPS) is 11.2. The van der Waals surface area contributed by atoms with Crippen molar-refractivity contribution in [2.45, 2.75) is 30.4 Å². The summed E-state index contributed by atoms with van der Waals surface area (Å²) in [6, 6.07) is 7.45. The zero-order chi connectivity index (χ0) is 12.2. The number of rotatable bonds is 5. The van der Waals surface area contributed by atoms with Crippen molar-refractivity contribution in [2.75, 3.05) is 6.61 Å². The highest BCUT2D eigenvalue weighted by Crippen LogP contribution is 2.33. The van der Waals surface area contributed by atoms with Crippen LogP contribution in [0.25, 0.3) is 0 Å². The number of carboxylic acids is 1. The maximum Gasteiger partial charge on any atom is 0.319 e. The summed E-state index contributed by atoms with van der Waals surface area (Å²) >= 11 is 1.33. The molecule has 1 aromatic carbocycles. The molecular weight excluding hydrogens is 224 g/mol. The van der Waals surface area contributed by atoms with Crippen molar-refractivity contribution < 1.29 is 14.6 Å². The van der Waals surface area contributed by atoms with Gasteiger partial charge in [0.2, 0.25) is 0 Å². The van der Waals surface area contributed by atoms with Gasteiger partial charge in [0.25, 0.3) is 0 Å². The SMILES string of the molecule is CCOc1ccc(SC(C)(C)C(=O)O)cc1. The van der Waals surface area contributed by atoms with E-state index in [0.717, 1.165) is 10.6 Å². The Morgan fingerprint density at radius 1 is 1.38 bits per heavy atom. The van der Waals surface area contributed by atoms with Crippen molar-refractivity contribution >= 4 is 17.7 Å². The van der Waals surface area contributed by atoms with Crippen LogP contribution in [0.15, 0.2) is 29.2 Å². The minimum absolute atomic E-state index is 0.632. The number of ether oxygens (including phenoxy) is 1. The van der Waals surface area contributed by atoms with Crippen LogP contribution >= 0.6 is 11.8 Å². The zero-order valence-corrected chi connectivity index (χ0v) is 10.5. The smallest absolute Gasteiger partial charge is 0.319 e. The fraction of sp³-hybridized carbons (Fsp3) is 0.417. The Hall–Kier alpha value is -1.16. The molecule has 0 saturated heterocycles. The first-order valence-electron chi connectivity index (χ1n) is 5.11. The maximum atomic E-state index is 10.9. The van der Waals surface area contributed by atoms with E-state index in [0.29, 0.717) is 6.61 Å². The Kier molecular flexibility index (Phi) is 4.24. The molecule has 0 fully saturated rings. The second kappa shape index (κ2) is 5.25.